The summed E-state index contributed by atoms with van der Waals surface area (Å²) >= 11 is 1.37. The van der Waals surface area contributed by atoms with Gasteiger partial charge in [0.1, 0.15) is 0 Å². The first-order chi connectivity index (χ1) is 12.5. The smallest absolute Gasteiger partial charge is 0.335 e. The van der Waals surface area contributed by atoms with Gasteiger partial charge in [0.05, 0.1) is 5.56 Å². The lowest BCUT2D eigenvalue weighted by molar-refractivity contribution is 0.0696. The summed E-state index contributed by atoms with van der Waals surface area (Å²) in [6.45, 7) is 4.11. The van der Waals surface area contributed by atoms with E-state index in [0.29, 0.717) is 28.7 Å². The molecular weight excluding hydrogens is 348 g/mol. The van der Waals surface area contributed by atoms with Crippen molar-refractivity contribution >= 4 is 17.7 Å². The minimum absolute atomic E-state index is 0.290. The molecule has 2 aromatic carbocycles. The number of rotatable bonds is 6. The molecule has 3 aromatic rings. The van der Waals surface area contributed by atoms with Gasteiger partial charge in [0.15, 0.2) is 5.82 Å². The van der Waals surface area contributed by atoms with E-state index in [-0.39, 0.29) is 0 Å². The Labute approximate surface area is 156 Å². The van der Waals surface area contributed by atoms with E-state index < -0.39 is 5.97 Å². The monoisotopic (exact) mass is 368 g/mol. The molecule has 0 saturated carbocycles. The van der Waals surface area contributed by atoms with Crippen molar-refractivity contribution in [3.63, 3.8) is 0 Å². The van der Waals surface area contributed by atoms with E-state index in [9.17, 15) is 9.90 Å². The molecule has 6 nitrogen and oxygen atoms in total. The fraction of sp³-hybridized carbons (Fsp3) is 0.211. The van der Waals surface area contributed by atoms with Crippen LogP contribution < -0.4 is 5.84 Å². The highest BCUT2D eigenvalue weighted by Gasteiger charge is 2.14. The van der Waals surface area contributed by atoms with E-state index in [4.69, 9.17) is 5.84 Å². The normalized spacial score (nSPS) is 10.8. The maximum atomic E-state index is 11.3. The maximum absolute atomic E-state index is 11.3. The zero-order chi connectivity index (χ0) is 18.7. The van der Waals surface area contributed by atoms with Crippen LogP contribution in [0.3, 0.4) is 0 Å². The summed E-state index contributed by atoms with van der Waals surface area (Å²) in [5.41, 5.74) is 4.55. The lowest BCUT2D eigenvalue weighted by Crippen LogP contribution is -2.15. The van der Waals surface area contributed by atoms with E-state index in [1.165, 1.54) is 27.6 Å². The number of nitrogens with zero attached hydrogens (tertiary/aromatic N) is 3. The van der Waals surface area contributed by atoms with Gasteiger partial charge >= 0.3 is 5.97 Å². The Morgan fingerprint density at radius 3 is 2.69 bits per heavy atom. The Morgan fingerprint density at radius 1 is 1.15 bits per heavy atom. The summed E-state index contributed by atoms with van der Waals surface area (Å²) in [5, 5.41) is 18.2. The molecule has 0 aliphatic carbocycles. The van der Waals surface area contributed by atoms with Gasteiger partial charge in [-0.2, -0.15) is 0 Å². The first-order valence-corrected chi connectivity index (χ1v) is 9.13. The van der Waals surface area contributed by atoms with E-state index in [0.717, 1.165) is 11.1 Å². The SMILES string of the molecule is Cc1ccc(C)c(Cc2nnc(SCc3ccccc3C(=O)O)n2N)c1. The van der Waals surface area contributed by atoms with Crippen LogP contribution in [0.2, 0.25) is 0 Å². The number of aryl methyl sites for hydroxylation is 2. The summed E-state index contributed by atoms with van der Waals surface area (Å²) < 4.78 is 1.48. The van der Waals surface area contributed by atoms with Gasteiger partial charge in [-0.1, -0.05) is 53.7 Å². The number of hydrogen-bond acceptors (Lipinski definition) is 5. The molecule has 3 N–H and O–H groups in total. The van der Waals surface area contributed by atoms with Gasteiger partial charge in [-0.25, -0.2) is 9.47 Å². The largest absolute Gasteiger partial charge is 0.478 e. The number of hydrogen-bond donors (Lipinski definition) is 2. The van der Waals surface area contributed by atoms with E-state index >= 15 is 0 Å². The minimum atomic E-state index is -0.939. The summed E-state index contributed by atoms with van der Waals surface area (Å²) in [5.74, 6) is 6.35. The summed E-state index contributed by atoms with van der Waals surface area (Å²) in [6.07, 6.45) is 0.600. The molecule has 0 aliphatic rings. The van der Waals surface area contributed by atoms with Crippen molar-refractivity contribution in [3.8, 4) is 0 Å². The first kappa shape index (κ1) is 18.0. The fourth-order valence-corrected chi connectivity index (χ4v) is 3.56. The molecule has 26 heavy (non-hydrogen) atoms. The van der Waals surface area contributed by atoms with Crippen molar-refractivity contribution in [1.29, 1.82) is 0 Å². The van der Waals surface area contributed by atoms with Crippen molar-refractivity contribution in [2.24, 2.45) is 0 Å². The molecule has 0 radical (unpaired) electrons. The molecule has 0 amide bonds. The highest BCUT2D eigenvalue weighted by molar-refractivity contribution is 7.98. The molecule has 134 valence electrons. The Bertz CT molecular complexity index is 952. The zero-order valence-corrected chi connectivity index (χ0v) is 15.5. The number of nitrogen functional groups attached to an aromatic ring is 1. The third-order valence-corrected chi connectivity index (χ3v) is 5.18. The van der Waals surface area contributed by atoms with E-state index in [1.54, 1.807) is 18.2 Å². The van der Waals surface area contributed by atoms with Crippen molar-refractivity contribution in [2.75, 3.05) is 5.84 Å². The lowest BCUT2D eigenvalue weighted by Gasteiger charge is -2.08. The van der Waals surface area contributed by atoms with Crippen molar-refractivity contribution in [2.45, 2.75) is 31.2 Å². The minimum Gasteiger partial charge on any atom is -0.478 e. The second-order valence-electron chi connectivity index (χ2n) is 6.13. The second-order valence-corrected chi connectivity index (χ2v) is 7.07. The number of carboxylic acids is 1. The van der Waals surface area contributed by atoms with Crippen LogP contribution in [0.15, 0.2) is 47.6 Å². The molecule has 1 aromatic heterocycles. The molecule has 3 rings (SSSR count). The average molecular weight is 368 g/mol. The molecule has 0 bridgehead atoms. The third kappa shape index (κ3) is 3.88. The Hall–Kier alpha value is -2.80. The number of aromatic carboxylic acids is 1. The summed E-state index contributed by atoms with van der Waals surface area (Å²) in [6, 6.07) is 13.2. The van der Waals surface area contributed by atoms with Crippen molar-refractivity contribution in [1.82, 2.24) is 14.9 Å². The van der Waals surface area contributed by atoms with Crippen molar-refractivity contribution < 1.29 is 9.90 Å². The standard InChI is InChI=1S/C19H20N4O2S/c1-12-7-8-13(2)15(9-12)10-17-21-22-19(23(17)20)26-11-14-5-3-4-6-16(14)18(24)25/h3-9H,10-11,20H2,1-2H3,(H,24,25). The van der Waals surface area contributed by atoms with Gasteiger partial charge in [-0.3, -0.25) is 0 Å². The van der Waals surface area contributed by atoms with Crippen LogP contribution in [-0.2, 0) is 12.2 Å². The number of carbonyl (C=O) groups is 1. The highest BCUT2D eigenvalue weighted by Crippen LogP contribution is 2.23. The molecular formula is C19H20N4O2S. The maximum Gasteiger partial charge on any atom is 0.335 e. The number of benzene rings is 2. The number of thioether (sulfide) groups is 1. The molecule has 0 atom stereocenters. The van der Waals surface area contributed by atoms with Crippen LogP contribution >= 0.6 is 11.8 Å². The quantitative estimate of drug-likeness (QED) is 0.513. The van der Waals surface area contributed by atoms with Gasteiger partial charge in [-0.05, 0) is 36.6 Å². The Balaban J connectivity index is 1.76. The van der Waals surface area contributed by atoms with E-state index in [1.807, 2.05) is 6.07 Å². The van der Waals surface area contributed by atoms with Gasteiger partial charge in [0, 0.05) is 12.2 Å². The first-order valence-electron chi connectivity index (χ1n) is 8.15. The van der Waals surface area contributed by atoms with Crippen molar-refractivity contribution in [3.05, 3.63) is 76.1 Å². The lowest BCUT2D eigenvalue weighted by atomic mass is 10.0. The molecule has 0 fully saturated rings. The molecule has 0 aliphatic heterocycles. The Kier molecular flexibility index (Phi) is 5.27. The van der Waals surface area contributed by atoms with Crippen LogP contribution in [0.25, 0.3) is 0 Å². The number of carboxylic acid groups (broad SMARTS) is 1. The molecule has 7 heteroatoms. The van der Waals surface area contributed by atoms with Crippen LogP contribution in [-0.4, -0.2) is 25.9 Å². The average Bonchev–Trinajstić information content (AvgIpc) is 2.96. The van der Waals surface area contributed by atoms with Gasteiger partial charge in [-0.15, -0.1) is 10.2 Å². The van der Waals surface area contributed by atoms with Gasteiger partial charge in [0.25, 0.3) is 0 Å². The predicted octanol–water partition coefficient (Wildman–Crippen LogP) is 3.19. The van der Waals surface area contributed by atoms with Crippen LogP contribution in [0.4, 0.5) is 0 Å². The summed E-state index contributed by atoms with van der Waals surface area (Å²) in [7, 11) is 0. The van der Waals surface area contributed by atoms with Gasteiger partial charge in [0.2, 0.25) is 5.16 Å². The van der Waals surface area contributed by atoms with Crippen LogP contribution in [0.5, 0.6) is 0 Å². The number of nitrogens with two attached hydrogens (primary N) is 1. The topological polar surface area (TPSA) is 94.0 Å². The Morgan fingerprint density at radius 2 is 1.92 bits per heavy atom. The van der Waals surface area contributed by atoms with Crippen LogP contribution in [0, 0.1) is 13.8 Å². The molecule has 0 saturated heterocycles. The highest BCUT2D eigenvalue weighted by atomic mass is 32.2. The van der Waals surface area contributed by atoms with Gasteiger partial charge < -0.3 is 10.9 Å². The molecule has 0 unspecified atom stereocenters. The molecule has 0 spiro atoms. The predicted molar refractivity (Wildman–Crippen MR) is 102 cm³/mol. The van der Waals surface area contributed by atoms with E-state index in [2.05, 4.69) is 42.2 Å². The molecule has 1 heterocycles. The second kappa shape index (κ2) is 7.61. The fourth-order valence-electron chi connectivity index (χ4n) is 2.68. The van der Waals surface area contributed by atoms with Crippen LogP contribution in [0.1, 0.15) is 38.4 Å². The number of aromatic nitrogens is 3. The summed E-state index contributed by atoms with van der Waals surface area (Å²) in [4.78, 5) is 11.3. The third-order valence-electron chi connectivity index (χ3n) is 4.19. The zero-order valence-electron chi connectivity index (χ0n) is 14.6.